The molecule has 0 aliphatic heterocycles. The molecule has 0 radical (unpaired) electrons. The van der Waals surface area contributed by atoms with Crippen molar-refractivity contribution < 1.29 is 33.1 Å². The van der Waals surface area contributed by atoms with Crippen molar-refractivity contribution in [3.63, 3.8) is 0 Å². The second-order valence-electron chi connectivity index (χ2n) is 7.78. The van der Waals surface area contributed by atoms with Crippen LogP contribution >= 0.6 is 0 Å². The Morgan fingerprint density at radius 3 is 2.40 bits per heavy atom. The third-order valence-corrected chi connectivity index (χ3v) is 5.13. The van der Waals surface area contributed by atoms with Crippen LogP contribution in [0.2, 0.25) is 0 Å². The average Bonchev–Trinajstić information content (AvgIpc) is 3.18. The molecular formula is C26H28N2O7. The van der Waals surface area contributed by atoms with Crippen LogP contribution in [0.25, 0.3) is 0 Å². The Kier molecular flexibility index (Phi) is 9.00. The third-order valence-electron chi connectivity index (χ3n) is 5.13. The molecule has 2 aromatic carbocycles. The summed E-state index contributed by atoms with van der Waals surface area (Å²) in [7, 11) is 0. The first-order valence-corrected chi connectivity index (χ1v) is 11.3. The summed E-state index contributed by atoms with van der Waals surface area (Å²) >= 11 is 0. The fourth-order valence-corrected chi connectivity index (χ4v) is 3.11. The van der Waals surface area contributed by atoms with Crippen molar-refractivity contribution >= 4 is 23.5 Å². The minimum atomic E-state index is -0.695. The quantitative estimate of drug-likeness (QED) is 0.312. The van der Waals surface area contributed by atoms with Crippen molar-refractivity contribution in [2.45, 2.75) is 40.2 Å². The molecule has 0 spiro atoms. The van der Waals surface area contributed by atoms with Crippen LogP contribution in [0, 0.1) is 13.8 Å². The molecule has 3 rings (SSSR count). The molecule has 0 aliphatic carbocycles. The van der Waals surface area contributed by atoms with Gasteiger partial charge in [0.25, 0.3) is 5.91 Å². The van der Waals surface area contributed by atoms with E-state index in [1.807, 2.05) is 6.92 Å². The van der Waals surface area contributed by atoms with Crippen LogP contribution in [0.5, 0.6) is 5.75 Å². The van der Waals surface area contributed by atoms with Crippen LogP contribution in [0.1, 0.15) is 57.5 Å². The Bertz CT molecular complexity index is 1150. The summed E-state index contributed by atoms with van der Waals surface area (Å²) in [6, 6.07) is 12.9. The highest BCUT2D eigenvalue weighted by molar-refractivity contribution is 5.97. The smallest absolute Gasteiger partial charge is 0.342 e. The molecule has 0 bridgehead atoms. The number of unbranched alkanes of at least 4 members (excludes halogenated alkanes) is 1. The monoisotopic (exact) mass is 480 g/mol. The third kappa shape index (κ3) is 7.17. The van der Waals surface area contributed by atoms with E-state index in [0.29, 0.717) is 35.1 Å². The number of aryl methyl sites for hydroxylation is 2. The van der Waals surface area contributed by atoms with Gasteiger partial charge in [-0.3, -0.25) is 4.79 Å². The number of esters is 2. The zero-order chi connectivity index (χ0) is 25.2. The maximum absolute atomic E-state index is 12.6. The molecule has 1 N–H and O–H groups in total. The van der Waals surface area contributed by atoms with Gasteiger partial charge in [-0.1, -0.05) is 30.6 Å². The van der Waals surface area contributed by atoms with Gasteiger partial charge in [0, 0.05) is 5.69 Å². The summed E-state index contributed by atoms with van der Waals surface area (Å²) in [5.74, 6) is -0.675. The van der Waals surface area contributed by atoms with Crippen LogP contribution in [0.3, 0.4) is 0 Å². The first kappa shape index (κ1) is 25.5. The van der Waals surface area contributed by atoms with Crippen molar-refractivity contribution in [2.24, 2.45) is 0 Å². The molecule has 3 aromatic rings. The molecule has 1 heterocycles. The van der Waals surface area contributed by atoms with Crippen LogP contribution in [-0.4, -0.2) is 36.2 Å². The standard InChI is InChI=1S/C26H28N2O7/c1-4-5-14-32-25(30)19-10-12-20(13-11-19)27-24(29)16-34-26(31)21-8-6-7-9-23(21)33-15-22-17(2)28-35-18(22)3/h6-13H,4-5,14-16H2,1-3H3,(H,27,29). The van der Waals surface area contributed by atoms with E-state index >= 15 is 0 Å². The maximum atomic E-state index is 12.6. The lowest BCUT2D eigenvalue weighted by Crippen LogP contribution is -2.21. The van der Waals surface area contributed by atoms with E-state index in [4.69, 9.17) is 18.7 Å². The zero-order valence-electron chi connectivity index (χ0n) is 20.0. The predicted molar refractivity (Wildman–Crippen MR) is 127 cm³/mol. The molecule has 9 heteroatoms. The number of hydrogen-bond donors (Lipinski definition) is 1. The molecule has 0 saturated carbocycles. The predicted octanol–water partition coefficient (Wildman–Crippen LogP) is 4.62. The number of ether oxygens (including phenoxy) is 3. The van der Waals surface area contributed by atoms with Gasteiger partial charge >= 0.3 is 11.9 Å². The maximum Gasteiger partial charge on any atom is 0.342 e. The van der Waals surface area contributed by atoms with E-state index in [9.17, 15) is 14.4 Å². The number of carbonyl (C=O) groups excluding carboxylic acids is 3. The van der Waals surface area contributed by atoms with Gasteiger partial charge < -0.3 is 24.1 Å². The van der Waals surface area contributed by atoms with Gasteiger partial charge in [0.15, 0.2) is 6.61 Å². The van der Waals surface area contributed by atoms with Gasteiger partial charge in [0.2, 0.25) is 0 Å². The van der Waals surface area contributed by atoms with E-state index in [1.54, 1.807) is 62.4 Å². The number of amides is 1. The second kappa shape index (κ2) is 12.4. The first-order chi connectivity index (χ1) is 16.9. The molecule has 0 unspecified atom stereocenters. The summed E-state index contributed by atoms with van der Waals surface area (Å²) in [5.41, 5.74) is 2.55. The normalized spacial score (nSPS) is 10.5. The number of nitrogens with zero attached hydrogens (tertiary/aromatic N) is 1. The lowest BCUT2D eigenvalue weighted by atomic mass is 10.2. The van der Waals surface area contributed by atoms with E-state index in [2.05, 4.69) is 10.5 Å². The number of anilines is 1. The Morgan fingerprint density at radius 1 is 0.971 bits per heavy atom. The highest BCUT2D eigenvalue weighted by Crippen LogP contribution is 2.22. The van der Waals surface area contributed by atoms with Gasteiger partial charge in [-0.15, -0.1) is 0 Å². The molecule has 1 amide bonds. The highest BCUT2D eigenvalue weighted by Gasteiger charge is 2.17. The van der Waals surface area contributed by atoms with Gasteiger partial charge in [-0.2, -0.15) is 0 Å². The molecule has 9 nitrogen and oxygen atoms in total. The van der Waals surface area contributed by atoms with Crippen LogP contribution in [-0.2, 0) is 20.9 Å². The summed E-state index contributed by atoms with van der Waals surface area (Å²) in [4.78, 5) is 36.8. The SMILES string of the molecule is CCCCOC(=O)c1ccc(NC(=O)COC(=O)c2ccccc2OCc2c(C)noc2C)cc1. The summed E-state index contributed by atoms with van der Waals surface area (Å²) in [5, 5.41) is 6.50. The number of hydrogen-bond acceptors (Lipinski definition) is 8. The number of aromatic nitrogens is 1. The van der Waals surface area contributed by atoms with Gasteiger partial charge in [0.05, 0.1) is 23.4 Å². The molecule has 35 heavy (non-hydrogen) atoms. The van der Waals surface area contributed by atoms with Gasteiger partial charge in [-0.25, -0.2) is 9.59 Å². The van der Waals surface area contributed by atoms with Crippen LogP contribution < -0.4 is 10.1 Å². The molecule has 0 atom stereocenters. The Balaban J connectivity index is 1.51. The average molecular weight is 481 g/mol. The van der Waals surface area contributed by atoms with E-state index in [-0.39, 0.29) is 12.2 Å². The topological polar surface area (TPSA) is 117 Å². The van der Waals surface area contributed by atoms with Crippen molar-refractivity contribution in [2.75, 3.05) is 18.5 Å². The second-order valence-corrected chi connectivity index (χ2v) is 7.78. The number of para-hydroxylation sites is 1. The molecule has 0 saturated heterocycles. The molecule has 184 valence electrons. The fraction of sp³-hybridized carbons (Fsp3) is 0.308. The number of nitrogens with one attached hydrogen (secondary N) is 1. The Hall–Kier alpha value is -4.14. The molecule has 1 aromatic heterocycles. The summed E-state index contributed by atoms with van der Waals surface area (Å²) < 4.78 is 21.2. The molecule has 0 fully saturated rings. The van der Waals surface area contributed by atoms with Crippen molar-refractivity contribution in [3.05, 3.63) is 76.7 Å². The van der Waals surface area contributed by atoms with Crippen molar-refractivity contribution in [3.8, 4) is 5.75 Å². The lowest BCUT2D eigenvalue weighted by molar-refractivity contribution is -0.119. The van der Waals surface area contributed by atoms with E-state index < -0.39 is 24.5 Å². The fourth-order valence-electron chi connectivity index (χ4n) is 3.11. The van der Waals surface area contributed by atoms with E-state index in [0.717, 1.165) is 18.4 Å². The molecular weight excluding hydrogens is 452 g/mol. The van der Waals surface area contributed by atoms with Crippen molar-refractivity contribution in [1.82, 2.24) is 5.16 Å². The van der Waals surface area contributed by atoms with Crippen LogP contribution in [0.15, 0.2) is 53.1 Å². The van der Waals surface area contributed by atoms with Gasteiger partial charge in [-0.05, 0) is 56.7 Å². The van der Waals surface area contributed by atoms with Gasteiger partial charge in [0.1, 0.15) is 23.7 Å². The number of rotatable bonds is 11. The number of carbonyl (C=O) groups is 3. The largest absolute Gasteiger partial charge is 0.488 e. The zero-order valence-corrected chi connectivity index (χ0v) is 20.0. The minimum absolute atomic E-state index is 0.175. The summed E-state index contributed by atoms with van der Waals surface area (Å²) in [6.45, 7) is 5.65. The summed E-state index contributed by atoms with van der Waals surface area (Å²) in [6.07, 6.45) is 1.74. The van der Waals surface area contributed by atoms with Crippen molar-refractivity contribution in [1.29, 1.82) is 0 Å². The number of benzene rings is 2. The van der Waals surface area contributed by atoms with E-state index in [1.165, 1.54) is 0 Å². The van der Waals surface area contributed by atoms with Crippen LogP contribution in [0.4, 0.5) is 5.69 Å². The Labute approximate surface area is 203 Å². The lowest BCUT2D eigenvalue weighted by Gasteiger charge is -2.11. The highest BCUT2D eigenvalue weighted by atomic mass is 16.5. The Morgan fingerprint density at radius 2 is 1.71 bits per heavy atom. The first-order valence-electron chi connectivity index (χ1n) is 11.3. The minimum Gasteiger partial charge on any atom is -0.488 e. The molecule has 0 aliphatic rings.